The first-order valence-electron chi connectivity index (χ1n) is 7.05. The highest BCUT2D eigenvalue weighted by atomic mass is 19.2. The van der Waals surface area contributed by atoms with Crippen LogP contribution >= 0.6 is 0 Å². The van der Waals surface area contributed by atoms with Crippen molar-refractivity contribution in [3.05, 3.63) is 35.1 Å². The van der Waals surface area contributed by atoms with Gasteiger partial charge in [0.2, 0.25) is 0 Å². The number of ketones is 1. The normalized spacial score (nSPS) is 13.3. The maximum atomic E-state index is 13.6. The topological polar surface area (TPSA) is 43.1 Å². The van der Waals surface area contributed by atoms with Crippen molar-refractivity contribution in [1.82, 2.24) is 0 Å². The summed E-state index contributed by atoms with van der Waals surface area (Å²) in [6, 6.07) is 1.76. The molecule has 0 amide bonds. The number of carbonyl (C=O) groups excluding carboxylic acids is 1. The van der Waals surface area contributed by atoms with Crippen molar-refractivity contribution in [3.63, 3.8) is 0 Å². The van der Waals surface area contributed by atoms with Crippen LogP contribution in [0.5, 0.6) is 0 Å². The van der Waals surface area contributed by atoms with Crippen LogP contribution in [0, 0.1) is 28.8 Å². The Labute approximate surface area is 123 Å². The number of halogens is 3. The summed E-state index contributed by atoms with van der Waals surface area (Å²) in [4.78, 5) is 12.0. The van der Waals surface area contributed by atoms with Gasteiger partial charge in [-0.25, -0.2) is 13.2 Å². The Kier molecular flexibility index (Phi) is 5.96. The third-order valence-electron chi connectivity index (χ3n) is 3.80. The number of hydrogen-bond acceptors (Lipinski definition) is 2. The zero-order chi connectivity index (χ0) is 16.2. The minimum atomic E-state index is -1.60. The van der Waals surface area contributed by atoms with E-state index in [1.165, 1.54) is 0 Å². The second kappa shape index (κ2) is 7.07. The molecule has 0 aliphatic heterocycles. The third-order valence-corrected chi connectivity index (χ3v) is 3.80. The molecule has 118 valence electrons. The average Bonchev–Trinajstić information content (AvgIpc) is 2.39. The zero-order valence-corrected chi connectivity index (χ0v) is 12.7. The summed E-state index contributed by atoms with van der Waals surface area (Å²) < 4.78 is 39.6. The van der Waals surface area contributed by atoms with Crippen LogP contribution in [-0.2, 0) is 0 Å². The van der Waals surface area contributed by atoms with Gasteiger partial charge in [-0.05, 0) is 42.9 Å². The second-order valence-corrected chi connectivity index (χ2v) is 6.33. The van der Waals surface area contributed by atoms with Gasteiger partial charge in [-0.15, -0.1) is 0 Å². The van der Waals surface area contributed by atoms with E-state index in [9.17, 15) is 18.0 Å². The molecule has 1 unspecified atom stereocenters. The van der Waals surface area contributed by atoms with Gasteiger partial charge in [0.25, 0.3) is 0 Å². The molecule has 1 rings (SSSR count). The van der Waals surface area contributed by atoms with Crippen LogP contribution in [0.3, 0.4) is 0 Å². The van der Waals surface area contributed by atoms with E-state index in [1.807, 2.05) is 0 Å². The Hall–Kier alpha value is -1.36. The third kappa shape index (κ3) is 4.56. The van der Waals surface area contributed by atoms with Crippen molar-refractivity contribution < 1.29 is 18.0 Å². The summed E-state index contributed by atoms with van der Waals surface area (Å²) >= 11 is 0. The Bertz CT molecular complexity index is 509. The molecule has 0 heterocycles. The number of Topliss-reactive ketones (excluding diaryl/α,β-unsaturated/α-hetero) is 1. The molecule has 0 aromatic heterocycles. The zero-order valence-electron chi connectivity index (χ0n) is 12.7. The average molecular weight is 301 g/mol. The van der Waals surface area contributed by atoms with Gasteiger partial charge in [-0.3, -0.25) is 4.79 Å². The molecule has 1 atom stereocenters. The van der Waals surface area contributed by atoms with E-state index in [1.54, 1.807) is 0 Å². The summed E-state index contributed by atoms with van der Waals surface area (Å²) in [6.45, 7) is 6.66. The van der Waals surface area contributed by atoms with Crippen LogP contribution in [-0.4, -0.2) is 12.3 Å². The highest BCUT2D eigenvalue weighted by Crippen LogP contribution is 2.32. The number of carbonyl (C=O) groups is 1. The molecule has 0 fully saturated rings. The predicted molar refractivity (Wildman–Crippen MR) is 76.5 cm³/mol. The van der Waals surface area contributed by atoms with Gasteiger partial charge in [-0.2, -0.15) is 0 Å². The number of rotatable bonds is 6. The maximum Gasteiger partial charge on any atom is 0.195 e. The molecule has 0 aliphatic rings. The van der Waals surface area contributed by atoms with Gasteiger partial charge in [0.1, 0.15) is 0 Å². The molecule has 2 nitrogen and oxygen atoms in total. The standard InChI is InChI=1S/C16H22F3NO/c1-16(2,3)10(8-9-20)4-7-13(21)11-5-6-12(17)15(19)14(11)18/h5-6,10H,4,7-9,20H2,1-3H3. The van der Waals surface area contributed by atoms with Crippen LogP contribution in [0.25, 0.3) is 0 Å². The van der Waals surface area contributed by atoms with E-state index in [0.717, 1.165) is 18.6 Å². The highest BCUT2D eigenvalue weighted by Gasteiger charge is 2.25. The van der Waals surface area contributed by atoms with Crippen LogP contribution < -0.4 is 5.73 Å². The van der Waals surface area contributed by atoms with Crippen LogP contribution in [0.15, 0.2) is 12.1 Å². The van der Waals surface area contributed by atoms with E-state index in [2.05, 4.69) is 20.8 Å². The first-order chi connectivity index (χ1) is 9.68. The van der Waals surface area contributed by atoms with Gasteiger partial charge in [0, 0.05) is 6.42 Å². The fourth-order valence-corrected chi connectivity index (χ4v) is 2.39. The highest BCUT2D eigenvalue weighted by molar-refractivity contribution is 5.96. The van der Waals surface area contributed by atoms with Gasteiger partial charge in [-0.1, -0.05) is 20.8 Å². The molecule has 21 heavy (non-hydrogen) atoms. The smallest absolute Gasteiger partial charge is 0.195 e. The van der Waals surface area contributed by atoms with E-state index in [4.69, 9.17) is 5.73 Å². The van der Waals surface area contributed by atoms with Crippen LogP contribution in [0.4, 0.5) is 13.2 Å². The van der Waals surface area contributed by atoms with E-state index in [0.29, 0.717) is 13.0 Å². The summed E-state index contributed by atoms with van der Waals surface area (Å²) in [7, 11) is 0. The van der Waals surface area contributed by atoms with Gasteiger partial charge in [0.15, 0.2) is 23.2 Å². The second-order valence-electron chi connectivity index (χ2n) is 6.33. The number of hydrogen-bond donors (Lipinski definition) is 1. The Morgan fingerprint density at radius 1 is 1.14 bits per heavy atom. The van der Waals surface area contributed by atoms with Crippen molar-refractivity contribution in [3.8, 4) is 0 Å². The molecule has 0 saturated heterocycles. The van der Waals surface area contributed by atoms with E-state index in [-0.39, 0.29) is 17.8 Å². The summed E-state index contributed by atoms with van der Waals surface area (Å²) in [5.41, 5.74) is 5.15. The van der Waals surface area contributed by atoms with Crippen molar-refractivity contribution in [2.45, 2.75) is 40.0 Å². The van der Waals surface area contributed by atoms with E-state index >= 15 is 0 Å². The molecule has 5 heteroatoms. The SMILES string of the molecule is CC(C)(C)C(CCN)CCC(=O)c1ccc(F)c(F)c1F. The Morgan fingerprint density at radius 2 is 1.76 bits per heavy atom. The molecule has 1 aromatic carbocycles. The molecule has 0 bridgehead atoms. The van der Waals surface area contributed by atoms with Crippen molar-refractivity contribution in [2.75, 3.05) is 6.54 Å². The fraction of sp³-hybridized carbons (Fsp3) is 0.562. The first kappa shape index (κ1) is 17.7. The lowest BCUT2D eigenvalue weighted by Crippen LogP contribution is -2.24. The first-order valence-corrected chi connectivity index (χ1v) is 7.05. The summed E-state index contributed by atoms with van der Waals surface area (Å²) in [6.07, 6.45) is 1.39. The van der Waals surface area contributed by atoms with Gasteiger partial charge >= 0.3 is 0 Å². The quantitative estimate of drug-likeness (QED) is 0.635. The minimum Gasteiger partial charge on any atom is -0.330 e. The maximum absolute atomic E-state index is 13.6. The molecule has 1 aromatic rings. The van der Waals surface area contributed by atoms with Gasteiger partial charge in [0.05, 0.1) is 5.56 Å². The van der Waals surface area contributed by atoms with E-state index < -0.39 is 28.8 Å². The van der Waals surface area contributed by atoms with Crippen molar-refractivity contribution >= 4 is 5.78 Å². The van der Waals surface area contributed by atoms with Gasteiger partial charge < -0.3 is 5.73 Å². The fourth-order valence-electron chi connectivity index (χ4n) is 2.39. The lowest BCUT2D eigenvalue weighted by atomic mass is 9.75. The lowest BCUT2D eigenvalue weighted by molar-refractivity contribution is 0.0952. The Morgan fingerprint density at radius 3 is 2.29 bits per heavy atom. The number of benzene rings is 1. The number of nitrogens with two attached hydrogens (primary N) is 1. The molecule has 0 saturated carbocycles. The summed E-state index contributed by atoms with van der Waals surface area (Å²) in [5.74, 6) is -4.61. The largest absolute Gasteiger partial charge is 0.330 e. The monoisotopic (exact) mass is 301 g/mol. The molecule has 2 N–H and O–H groups in total. The Balaban J connectivity index is 2.80. The van der Waals surface area contributed by atoms with Crippen LogP contribution in [0.1, 0.15) is 50.4 Å². The van der Waals surface area contributed by atoms with Crippen LogP contribution in [0.2, 0.25) is 0 Å². The molecular formula is C16H22F3NO. The van der Waals surface area contributed by atoms with Crippen molar-refractivity contribution in [1.29, 1.82) is 0 Å². The minimum absolute atomic E-state index is 0.0216. The summed E-state index contributed by atoms with van der Waals surface area (Å²) in [5, 5.41) is 0. The molecule has 0 aliphatic carbocycles. The predicted octanol–water partition coefficient (Wildman–Crippen LogP) is 4.08. The lowest BCUT2D eigenvalue weighted by Gasteiger charge is -2.30. The molecular weight excluding hydrogens is 279 g/mol. The molecule has 0 radical (unpaired) electrons. The van der Waals surface area contributed by atoms with Crippen molar-refractivity contribution in [2.24, 2.45) is 17.1 Å². The molecule has 0 spiro atoms.